The first-order valence-corrected chi connectivity index (χ1v) is 30.2. The zero-order valence-electron chi connectivity index (χ0n) is 49.9. The quantitative estimate of drug-likeness (QED) is 0.0313. The van der Waals surface area contributed by atoms with Gasteiger partial charge in [-0.15, -0.1) is 0 Å². The molecule has 9 atom stereocenters. The maximum Gasteiger partial charge on any atom is 0.306 e. The highest BCUT2D eigenvalue weighted by Crippen LogP contribution is 2.38. The Hall–Kier alpha value is -4.85. The molecule has 0 spiro atoms. The molecule has 0 aromatic carbocycles. The first-order valence-electron chi connectivity index (χ1n) is 30.2. The summed E-state index contributed by atoms with van der Waals surface area (Å²) in [4.78, 5) is 117. The molecule has 1 saturated carbocycles. The molecule has 1 saturated heterocycles. The maximum absolute atomic E-state index is 13.8. The van der Waals surface area contributed by atoms with E-state index < -0.39 is 128 Å². The van der Waals surface area contributed by atoms with E-state index in [0.29, 0.717) is 12.8 Å². The molecule has 80 heavy (non-hydrogen) atoms. The van der Waals surface area contributed by atoms with Gasteiger partial charge in [0, 0.05) is 61.3 Å². The zero-order chi connectivity index (χ0) is 59.2. The summed E-state index contributed by atoms with van der Waals surface area (Å²) < 4.78 is 64.3. The normalized spacial score (nSPS) is 23.4. The molecule has 0 radical (unpaired) electrons. The van der Waals surface area contributed by atoms with Crippen LogP contribution in [-0.2, 0) is 95.3 Å². The van der Waals surface area contributed by atoms with E-state index in [0.717, 1.165) is 106 Å². The van der Waals surface area contributed by atoms with Crippen LogP contribution in [0.4, 0.5) is 0 Å². The van der Waals surface area contributed by atoms with Crippen LogP contribution in [0.1, 0.15) is 255 Å². The van der Waals surface area contributed by atoms with Crippen molar-refractivity contribution < 1.29 is 95.3 Å². The van der Waals surface area contributed by atoms with E-state index >= 15 is 0 Å². The van der Waals surface area contributed by atoms with Crippen molar-refractivity contribution in [2.24, 2.45) is 0 Å². The number of esters is 9. The third-order valence-corrected chi connectivity index (χ3v) is 14.1. The van der Waals surface area contributed by atoms with Crippen LogP contribution in [-0.4, -0.2) is 128 Å². The van der Waals surface area contributed by atoms with E-state index in [1.165, 1.54) is 109 Å². The summed E-state index contributed by atoms with van der Waals surface area (Å²) in [6, 6.07) is 0. The molecule has 2 rings (SSSR count). The first kappa shape index (κ1) is 71.3. The predicted octanol–water partition coefficient (Wildman–Crippen LogP) is 10.8. The van der Waals surface area contributed by atoms with Crippen LogP contribution in [0.3, 0.4) is 0 Å². The molecule has 20 nitrogen and oxygen atoms in total. The number of hydrogen-bond donors (Lipinski definition) is 0. The lowest BCUT2D eigenvalue weighted by molar-refractivity contribution is -0.343. The number of carbonyl (C=O) groups is 9. The van der Waals surface area contributed by atoms with Gasteiger partial charge in [0.05, 0.1) is 0 Å². The maximum atomic E-state index is 13.8. The van der Waals surface area contributed by atoms with Crippen molar-refractivity contribution in [2.45, 2.75) is 322 Å². The molecule has 1 aliphatic carbocycles. The summed E-state index contributed by atoms with van der Waals surface area (Å²) in [5.74, 6) is -8.12. The average molecular weight is 1140 g/mol. The van der Waals surface area contributed by atoms with E-state index in [-0.39, 0.29) is 12.8 Å². The van der Waals surface area contributed by atoms with E-state index in [1.54, 1.807) is 0 Å². The number of rotatable bonds is 42. The van der Waals surface area contributed by atoms with Gasteiger partial charge in [-0.05, 0) is 12.8 Å². The fourth-order valence-corrected chi connectivity index (χ4v) is 10.4. The van der Waals surface area contributed by atoms with Crippen LogP contribution in [0.15, 0.2) is 0 Å². The lowest BCUT2D eigenvalue weighted by Crippen LogP contribution is -2.70. The summed E-state index contributed by atoms with van der Waals surface area (Å²) in [7, 11) is 0. The Bertz CT molecular complexity index is 1790. The van der Waals surface area contributed by atoms with E-state index in [2.05, 4.69) is 13.8 Å². The molecule has 0 aromatic rings. The molecule has 1 aliphatic heterocycles. The summed E-state index contributed by atoms with van der Waals surface area (Å²) >= 11 is 0. The fraction of sp³-hybridized carbons (Fsp3) is 0.850. The van der Waals surface area contributed by atoms with Crippen molar-refractivity contribution >= 4 is 53.7 Å². The van der Waals surface area contributed by atoms with Crippen molar-refractivity contribution in [3.63, 3.8) is 0 Å². The molecule has 0 amide bonds. The smallest absolute Gasteiger partial charge is 0.306 e. The van der Waals surface area contributed by atoms with Gasteiger partial charge in [-0.1, -0.05) is 181 Å². The lowest BCUT2D eigenvalue weighted by atomic mass is 9.83. The second kappa shape index (κ2) is 42.0. The number of unbranched alkanes of at least 4 members (excludes halogenated alkanes) is 26. The molecular weight excluding hydrogens is 1040 g/mol. The molecule has 9 unspecified atom stereocenters. The van der Waals surface area contributed by atoms with Crippen molar-refractivity contribution in [1.29, 1.82) is 0 Å². The standard InChI is InChI=1S/C60H100O20/c1-10-12-14-16-18-20-22-24-26-28-30-32-34-36-38-49(68)70-40-48-51(79-50(69)39-37-35-33-31-29-27-25-23-21-19-17-15-13-11-2)52(71-41(3)61)59(77-47(9)67)60(78-48)80-58-56(75-45(7)65)54(73-43(5)63)53(72-42(4)62)55(74-44(6)64)57(58)76-46(8)66/h48,51-60H,10-40H2,1-9H3. The molecule has 2 fully saturated rings. The molecule has 460 valence electrons. The Kier molecular flexibility index (Phi) is 37.4. The highest BCUT2D eigenvalue weighted by molar-refractivity contribution is 5.72. The lowest BCUT2D eigenvalue weighted by Gasteiger charge is -2.50. The highest BCUT2D eigenvalue weighted by atomic mass is 16.8. The Morgan fingerprint density at radius 2 is 0.537 bits per heavy atom. The molecular formula is C60H100O20. The van der Waals surface area contributed by atoms with Gasteiger partial charge in [0.2, 0.25) is 0 Å². The van der Waals surface area contributed by atoms with Gasteiger partial charge in [0.15, 0.2) is 55.1 Å². The second-order valence-electron chi connectivity index (χ2n) is 21.5. The summed E-state index contributed by atoms with van der Waals surface area (Å²) in [5, 5.41) is 0. The molecule has 0 aromatic heterocycles. The first-order chi connectivity index (χ1) is 38.3. The topological polar surface area (TPSA) is 255 Å². The van der Waals surface area contributed by atoms with Gasteiger partial charge in [-0.25, -0.2) is 0 Å². The Labute approximate surface area is 476 Å². The fourth-order valence-electron chi connectivity index (χ4n) is 10.4. The largest absolute Gasteiger partial charge is 0.463 e. The Morgan fingerprint density at radius 1 is 0.287 bits per heavy atom. The molecule has 20 heteroatoms. The Balaban J connectivity index is 2.45. The monoisotopic (exact) mass is 1140 g/mol. The van der Waals surface area contributed by atoms with Gasteiger partial charge in [0.25, 0.3) is 0 Å². The summed E-state index contributed by atoms with van der Waals surface area (Å²) in [6.45, 7) is 10.9. The van der Waals surface area contributed by atoms with Crippen molar-refractivity contribution in [3.05, 3.63) is 0 Å². The van der Waals surface area contributed by atoms with Gasteiger partial charge < -0.3 is 52.1 Å². The molecule has 1 heterocycles. The van der Waals surface area contributed by atoms with Gasteiger partial charge >= 0.3 is 53.7 Å². The summed E-state index contributed by atoms with van der Waals surface area (Å²) in [6.07, 6.45) is 11.6. The minimum Gasteiger partial charge on any atom is -0.463 e. The van der Waals surface area contributed by atoms with Gasteiger partial charge in [-0.2, -0.15) is 0 Å². The number of carbonyl (C=O) groups excluding carboxylic acids is 9. The van der Waals surface area contributed by atoms with Gasteiger partial charge in [-0.3, -0.25) is 43.2 Å². The van der Waals surface area contributed by atoms with Crippen molar-refractivity contribution in [1.82, 2.24) is 0 Å². The molecule has 0 N–H and O–H groups in total. The zero-order valence-corrected chi connectivity index (χ0v) is 49.9. The Morgan fingerprint density at radius 3 is 0.838 bits per heavy atom. The van der Waals surface area contributed by atoms with Crippen LogP contribution < -0.4 is 0 Å². The van der Waals surface area contributed by atoms with Crippen LogP contribution >= 0.6 is 0 Å². The third kappa shape index (κ3) is 30.3. The van der Waals surface area contributed by atoms with E-state index in [4.69, 9.17) is 52.1 Å². The minimum absolute atomic E-state index is 0.0418. The van der Waals surface area contributed by atoms with E-state index in [1.807, 2.05) is 0 Å². The van der Waals surface area contributed by atoms with Crippen LogP contribution in [0, 0.1) is 0 Å². The average Bonchev–Trinajstić information content (AvgIpc) is 3.58. The summed E-state index contributed by atoms with van der Waals surface area (Å²) in [5.41, 5.74) is 0. The third-order valence-electron chi connectivity index (χ3n) is 14.1. The predicted molar refractivity (Wildman–Crippen MR) is 293 cm³/mol. The van der Waals surface area contributed by atoms with Crippen LogP contribution in [0.2, 0.25) is 0 Å². The second-order valence-corrected chi connectivity index (χ2v) is 21.5. The van der Waals surface area contributed by atoms with Gasteiger partial charge in [0.1, 0.15) is 18.8 Å². The highest BCUT2D eigenvalue weighted by Gasteiger charge is 2.62. The van der Waals surface area contributed by atoms with Crippen LogP contribution in [0.5, 0.6) is 0 Å². The van der Waals surface area contributed by atoms with Crippen LogP contribution in [0.25, 0.3) is 0 Å². The molecule has 2 aliphatic rings. The molecule has 0 bridgehead atoms. The van der Waals surface area contributed by atoms with E-state index in [9.17, 15) is 43.2 Å². The van der Waals surface area contributed by atoms with Crippen molar-refractivity contribution in [2.75, 3.05) is 6.61 Å². The number of ether oxygens (including phenoxy) is 11. The van der Waals surface area contributed by atoms with Crippen molar-refractivity contribution in [3.8, 4) is 0 Å². The minimum atomic E-state index is -1.97. The number of hydrogen-bond acceptors (Lipinski definition) is 20. The SMILES string of the molecule is CCCCCCCCCCCCCCCCC(=O)OCC1OC(OC2C(OC(C)=O)C(OC(C)=O)C(OC(C)=O)C(OC(C)=O)C2OC(C)=O)C(OC(C)=O)C(OC(C)=O)C1OC(=O)CCCCCCCCCCCCCCCC.